The van der Waals surface area contributed by atoms with Gasteiger partial charge in [0.25, 0.3) is 5.91 Å². The molecular weight excluding hydrogens is 238 g/mol. The first kappa shape index (κ1) is 13.9. The third-order valence-electron chi connectivity index (χ3n) is 4.05. The number of anilines is 1. The van der Waals surface area contributed by atoms with Crippen molar-refractivity contribution in [3.63, 3.8) is 0 Å². The van der Waals surface area contributed by atoms with Crippen LogP contribution in [0.2, 0.25) is 0 Å². The molecule has 1 amide bonds. The first-order chi connectivity index (χ1) is 9.08. The lowest BCUT2D eigenvalue weighted by atomic mass is 10.1. The van der Waals surface area contributed by atoms with E-state index in [9.17, 15) is 4.79 Å². The van der Waals surface area contributed by atoms with Crippen molar-refractivity contribution in [2.45, 2.75) is 52.1 Å². The average molecular weight is 261 g/mol. The quantitative estimate of drug-likeness (QED) is 0.649. The lowest BCUT2D eigenvalue weighted by Gasteiger charge is -2.29. The van der Waals surface area contributed by atoms with Crippen molar-refractivity contribution in [3.8, 4) is 0 Å². The number of aryl methyl sites for hydroxylation is 1. The van der Waals surface area contributed by atoms with Crippen LogP contribution in [0.5, 0.6) is 0 Å². The fourth-order valence-electron chi connectivity index (χ4n) is 2.94. The van der Waals surface area contributed by atoms with Crippen LogP contribution in [0.3, 0.4) is 0 Å². The number of hydrazine groups is 1. The third kappa shape index (κ3) is 2.59. The number of hydrogen-bond donors (Lipinski definition) is 2. The normalized spacial score (nSPS) is 22.6. The van der Waals surface area contributed by atoms with Crippen molar-refractivity contribution in [2.75, 3.05) is 5.43 Å². The van der Waals surface area contributed by atoms with Crippen molar-refractivity contribution in [2.24, 2.45) is 5.84 Å². The molecule has 0 spiro atoms. The topological polar surface area (TPSA) is 58.4 Å². The molecule has 104 valence electrons. The zero-order valence-electron chi connectivity index (χ0n) is 11.9. The van der Waals surface area contributed by atoms with Crippen LogP contribution in [-0.4, -0.2) is 22.9 Å². The molecule has 3 N–H and O–H groups in total. The SMILES string of the molecule is CCC1CCC(C)N1C(=O)c1cc(C)ccc1NN. The first-order valence-electron chi connectivity index (χ1n) is 6.98. The molecule has 1 aromatic carbocycles. The molecule has 1 aliphatic heterocycles. The van der Waals surface area contributed by atoms with E-state index in [1.165, 1.54) is 0 Å². The van der Waals surface area contributed by atoms with Crippen LogP contribution in [0.1, 0.15) is 49.0 Å². The number of nitrogens with one attached hydrogen (secondary N) is 1. The van der Waals surface area contributed by atoms with E-state index in [0.29, 0.717) is 23.3 Å². The second kappa shape index (κ2) is 5.61. The minimum absolute atomic E-state index is 0.0912. The molecule has 1 aromatic rings. The Labute approximate surface area is 114 Å². The van der Waals surface area contributed by atoms with Gasteiger partial charge in [0.05, 0.1) is 11.3 Å². The van der Waals surface area contributed by atoms with E-state index in [1.807, 2.05) is 30.0 Å². The summed E-state index contributed by atoms with van der Waals surface area (Å²) in [5, 5.41) is 0. The van der Waals surface area contributed by atoms with Crippen LogP contribution in [0.25, 0.3) is 0 Å². The number of nitrogens with two attached hydrogens (primary N) is 1. The maximum atomic E-state index is 12.8. The van der Waals surface area contributed by atoms with E-state index in [0.717, 1.165) is 24.8 Å². The van der Waals surface area contributed by atoms with Gasteiger partial charge in [0, 0.05) is 12.1 Å². The van der Waals surface area contributed by atoms with E-state index in [-0.39, 0.29) is 5.91 Å². The zero-order valence-corrected chi connectivity index (χ0v) is 11.9. The maximum Gasteiger partial charge on any atom is 0.256 e. The van der Waals surface area contributed by atoms with Gasteiger partial charge in [0.1, 0.15) is 0 Å². The lowest BCUT2D eigenvalue weighted by molar-refractivity contribution is 0.0677. The van der Waals surface area contributed by atoms with Gasteiger partial charge in [0.2, 0.25) is 0 Å². The monoisotopic (exact) mass is 261 g/mol. The number of hydrogen-bond acceptors (Lipinski definition) is 3. The molecule has 2 unspecified atom stereocenters. The Balaban J connectivity index is 2.35. The molecule has 0 saturated carbocycles. The Kier molecular flexibility index (Phi) is 4.10. The van der Waals surface area contributed by atoms with Gasteiger partial charge in [-0.1, -0.05) is 18.6 Å². The van der Waals surface area contributed by atoms with Crippen molar-refractivity contribution in [1.29, 1.82) is 0 Å². The summed E-state index contributed by atoms with van der Waals surface area (Å²) in [6.07, 6.45) is 3.19. The highest BCUT2D eigenvalue weighted by atomic mass is 16.2. The number of carbonyl (C=O) groups is 1. The van der Waals surface area contributed by atoms with Crippen molar-refractivity contribution in [1.82, 2.24) is 4.90 Å². The molecule has 1 saturated heterocycles. The predicted molar refractivity (Wildman–Crippen MR) is 77.9 cm³/mol. The van der Waals surface area contributed by atoms with Gasteiger partial charge in [-0.15, -0.1) is 0 Å². The Morgan fingerprint density at radius 2 is 2.21 bits per heavy atom. The molecule has 2 atom stereocenters. The molecular formula is C15H23N3O. The van der Waals surface area contributed by atoms with E-state index >= 15 is 0 Å². The number of likely N-dealkylation sites (tertiary alicyclic amines) is 1. The highest BCUT2D eigenvalue weighted by molar-refractivity contribution is 6.00. The van der Waals surface area contributed by atoms with Gasteiger partial charge in [-0.25, -0.2) is 0 Å². The fourth-order valence-corrected chi connectivity index (χ4v) is 2.94. The van der Waals surface area contributed by atoms with Gasteiger partial charge in [-0.05, 0) is 45.2 Å². The summed E-state index contributed by atoms with van der Waals surface area (Å²) in [6.45, 7) is 6.25. The molecule has 2 rings (SSSR count). The Hall–Kier alpha value is -1.55. The summed E-state index contributed by atoms with van der Waals surface area (Å²) in [7, 11) is 0. The van der Waals surface area contributed by atoms with Gasteiger partial charge >= 0.3 is 0 Å². The number of carbonyl (C=O) groups excluding carboxylic acids is 1. The van der Waals surface area contributed by atoms with Crippen molar-refractivity contribution >= 4 is 11.6 Å². The van der Waals surface area contributed by atoms with E-state index < -0.39 is 0 Å². The highest BCUT2D eigenvalue weighted by Crippen LogP contribution is 2.29. The number of rotatable bonds is 3. The van der Waals surface area contributed by atoms with Crippen LogP contribution in [0.4, 0.5) is 5.69 Å². The Morgan fingerprint density at radius 1 is 1.47 bits per heavy atom. The Morgan fingerprint density at radius 3 is 2.84 bits per heavy atom. The maximum absolute atomic E-state index is 12.8. The van der Waals surface area contributed by atoms with Gasteiger partial charge in [-0.2, -0.15) is 0 Å². The van der Waals surface area contributed by atoms with Crippen LogP contribution >= 0.6 is 0 Å². The second-order valence-electron chi connectivity index (χ2n) is 5.39. The molecule has 0 aromatic heterocycles. The van der Waals surface area contributed by atoms with Crippen LogP contribution in [0.15, 0.2) is 18.2 Å². The number of nitrogens with zero attached hydrogens (tertiary/aromatic N) is 1. The molecule has 1 heterocycles. The highest BCUT2D eigenvalue weighted by Gasteiger charge is 2.34. The summed E-state index contributed by atoms with van der Waals surface area (Å²) in [5.41, 5.74) is 5.07. The van der Waals surface area contributed by atoms with E-state index in [2.05, 4.69) is 19.3 Å². The fraction of sp³-hybridized carbons (Fsp3) is 0.533. The van der Waals surface area contributed by atoms with Gasteiger partial charge < -0.3 is 10.3 Å². The standard InChI is InChI=1S/C15H23N3O/c1-4-12-7-6-11(3)18(12)15(19)13-9-10(2)5-8-14(13)17-16/h5,8-9,11-12,17H,4,6-7,16H2,1-3H3. The summed E-state index contributed by atoms with van der Waals surface area (Å²) >= 11 is 0. The molecule has 19 heavy (non-hydrogen) atoms. The van der Waals surface area contributed by atoms with Crippen LogP contribution in [0, 0.1) is 6.92 Å². The molecule has 4 heteroatoms. The largest absolute Gasteiger partial charge is 0.333 e. The molecule has 4 nitrogen and oxygen atoms in total. The predicted octanol–water partition coefficient (Wildman–Crippen LogP) is 2.68. The molecule has 0 aliphatic carbocycles. The summed E-state index contributed by atoms with van der Waals surface area (Å²) in [4.78, 5) is 14.8. The molecule has 1 aliphatic rings. The van der Waals surface area contributed by atoms with Crippen LogP contribution in [-0.2, 0) is 0 Å². The number of nitrogen functional groups attached to an aromatic ring is 1. The molecule has 0 bridgehead atoms. The summed E-state index contributed by atoms with van der Waals surface area (Å²) in [6, 6.07) is 6.40. The Bertz CT molecular complexity index is 472. The van der Waals surface area contributed by atoms with E-state index in [4.69, 9.17) is 5.84 Å². The smallest absolute Gasteiger partial charge is 0.256 e. The second-order valence-corrected chi connectivity index (χ2v) is 5.39. The summed E-state index contributed by atoms with van der Waals surface area (Å²) < 4.78 is 0. The minimum atomic E-state index is 0.0912. The van der Waals surface area contributed by atoms with E-state index in [1.54, 1.807) is 0 Å². The van der Waals surface area contributed by atoms with Crippen molar-refractivity contribution in [3.05, 3.63) is 29.3 Å². The van der Waals surface area contributed by atoms with Gasteiger partial charge in [-0.3, -0.25) is 10.6 Å². The average Bonchev–Trinajstić information content (AvgIpc) is 2.79. The zero-order chi connectivity index (χ0) is 14.0. The molecule has 0 radical (unpaired) electrons. The van der Waals surface area contributed by atoms with Crippen molar-refractivity contribution < 1.29 is 4.79 Å². The number of benzene rings is 1. The number of amides is 1. The minimum Gasteiger partial charge on any atom is -0.333 e. The van der Waals surface area contributed by atoms with Crippen LogP contribution < -0.4 is 11.3 Å². The first-order valence-corrected chi connectivity index (χ1v) is 6.98. The lowest BCUT2D eigenvalue weighted by Crippen LogP contribution is -2.40. The third-order valence-corrected chi connectivity index (χ3v) is 4.05. The van der Waals surface area contributed by atoms with Gasteiger partial charge in [0.15, 0.2) is 0 Å². The summed E-state index contributed by atoms with van der Waals surface area (Å²) in [5.74, 6) is 5.61. The molecule has 1 fully saturated rings.